The maximum atomic E-state index is 13.7. The van der Waals surface area contributed by atoms with Crippen LogP contribution in [0.2, 0.25) is 0 Å². The second-order valence-electron chi connectivity index (χ2n) is 5.82. The Labute approximate surface area is 139 Å². The van der Waals surface area contributed by atoms with Gasteiger partial charge in [-0.05, 0) is 37.7 Å². The summed E-state index contributed by atoms with van der Waals surface area (Å²) < 4.78 is 13.7. The van der Waals surface area contributed by atoms with Crippen LogP contribution < -0.4 is 10.6 Å². The van der Waals surface area contributed by atoms with Gasteiger partial charge in [-0.2, -0.15) is 0 Å². The van der Waals surface area contributed by atoms with Gasteiger partial charge in [-0.1, -0.05) is 32.0 Å². The topological polar surface area (TPSA) is 56.7 Å². The summed E-state index contributed by atoms with van der Waals surface area (Å²) in [6.07, 6.45) is 2.74. The van der Waals surface area contributed by atoms with Crippen molar-refractivity contribution in [3.8, 4) is 0 Å². The van der Waals surface area contributed by atoms with Gasteiger partial charge >= 0.3 is 0 Å². The highest BCUT2D eigenvalue weighted by molar-refractivity contribution is 5.79. The Morgan fingerprint density at radius 1 is 1.17 bits per heavy atom. The van der Waals surface area contributed by atoms with E-state index in [1.165, 1.54) is 6.07 Å². The molecule has 0 atom stereocenters. The lowest BCUT2D eigenvalue weighted by Crippen LogP contribution is -2.43. The number of aliphatic hydroxyl groups is 1. The number of halogens is 1. The highest BCUT2D eigenvalue weighted by atomic mass is 19.1. The van der Waals surface area contributed by atoms with Gasteiger partial charge in [0.15, 0.2) is 5.96 Å². The zero-order valence-corrected chi connectivity index (χ0v) is 14.5. The lowest BCUT2D eigenvalue weighted by Gasteiger charge is -2.32. The van der Waals surface area contributed by atoms with Crippen molar-refractivity contribution in [2.45, 2.75) is 46.6 Å². The van der Waals surface area contributed by atoms with Gasteiger partial charge in [0.05, 0.1) is 6.54 Å². The largest absolute Gasteiger partial charge is 0.396 e. The van der Waals surface area contributed by atoms with Gasteiger partial charge in [0.25, 0.3) is 0 Å². The van der Waals surface area contributed by atoms with Crippen LogP contribution in [-0.4, -0.2) is 30.8 Å². The number of rotatable bonds is 9. The summed E-state index contributed by atoms with van der Waals surface area (Å²) in [6.45, 7) is 8.26. The summed E-state index contributed by atoms with van der Waals surface area (Å²) in [5.41, 5.74) is 0.639. The lowest BCUT2D eigenvalue weighted by molar-refractivity contribution is 0.169. The van der Waals surface area contributed by atoms with Crippen molar-refractivity contribution in [2.24, 2.45) is 10.4 Å². The standard InChI is InChI=1S/C18H30FN3O/c1-4-18(5-2,11-12-23)14-22-17(20-6-3)21-13-15-9-7-8-10-16(15)19/h7-10,23H,4-6,11-14H2,1-3H3,(H2,20,21,22). The van der Waals surface area contributed by atoms with Crippen LogP contribution in [0.4, 0.5) is 4.39 Å². The molecule has 0 saturated heterocycles. The molecule has 1 rings (SSSR count). The number of aliphatic imine (C=N–C) groups is 1. The second-order valence-corrected chi connectivity index (χ2v) is 5.82. The molecule has 3 N–H and O–H groups in total. The van der Waals surface area contributed by atoms with Gasteiger partial charge in [0.2, 0.25) is 0 Å². The predicted octanol–water partition coefficient (Wildman–Crippen LogP) is 3.07. The Kier molecular flexibility index (Phi) is 8.62. The molecule has 0 radical (unpaired) electrons. The molecule has 0 fully saturated rings. The maximum Gasteiger partial charge on any atom is 0.191 e. The molecule has 0 saturated carbocycles. The van der Waals surface area contributed by atoms with E-state index in [0.29, 0.717) is 18.1 Å². The smallest absolute Gasteiger partial charge is 0.191 e. The normalized spacial score (nSPS) is 12.3. The van der Waals surface area contributed by atoms with Crippen molar-refractivity contribution in [1.29, 1.82) is 0 Å². The van der Waals surface area contributed by atoms with E-state index in [1.807, 2.05) is 13.0 Å². The number of nitrogens with zero attached hydrogens (tertiary/aromatic N) is 1. The third-order valence-electron chi connectivity index (χ3n) is 4.48. The molecule has 4 nitrogen and oxygen atoms in total. The monoisotopic (exact) mass is 323 g/mol. The minimum atomic E-state index is -0.233. The fourth-order valence-corrected chi connectivity index (χ4v) is 2.58. The minimum absolute atomic E-state index is 0.0585. The van der Waals surface area contributed by atoms with E-state index < -0.39 is 0 Å². The summed E-state index contributed by atoms with van der Waals surface area (Å²) in [7, 11) is 0. The number of aliphatic hydroxyl groups excluding tert-OH is 1. The number of nitrogens with one attached hydrogen (secondary N) is 2. The summed E-state index contributed by atoms with van der Waals surface area (Å²) in [5.74, 6) is 0.448. The van der Waals surface area contributed by atoms with E-state index in [4.69, 9.17) is 0 Å². The molecule has 0 bridgehead atoms. The summed E-state index contributed by atoms with van der Waals surface area (Å²) >= 11 is 0. The van der Waals surface area contributed by atoms with E-state index in [0.717, 1.165) is 32.4 Å². The first-order valence-electron chi connectivity index (χ1n) is 8.47. The molecule has 0 aliphatic rings. The Bertz CT molecular complexity index is 487. The zero-order valence-electron chi connectivity index (χ0n) is 14.5. The molecule has 0 spiro atoms. The van der Waals surface area contributed by atoms with E-state index in [-0.39, 0.29) is 17.8 Å². The molecule has 1 aromatic carbocycles. The fourth-order valence-electron chi connectivity index (χ4n) is 2.58. The Morgan fingerprint density at radius 3 is 2.43 bits per heavy atom. The number of guanidine groups is 1. The van der Waals surface area contributed by atoms with Gasteiger partial charge in [-0.3, -0.25) is 0 Å². The fraction of sp³-hybridized carbons (Fsp3) is 0.611. The molecule has 0 heterocycles. The van der Waals surface area contributed by atoms with Crippen molar-refractivity contribution < 1.29 is 9.50 Å². The van der Waals surface area contributed by atoms with Crippen LogP contribution in [-0.2, 0) is 6.54 Å². The summed E-state index contributed by atoms with van der Waals surface area (Å²) in [4.78, 5) is 4.47. The zero-order chi connectivity index (χ0) is 17.1. The van der Waals surface area contributed by atoms with E-state index in [2.05, 4.69) is 29.5 Å². The first kappa shape index (κ1) is 19.4. The Balaban J connectivity index is 2.74. The van der Waals surface area contributed by atoms with Crippen LogP contribution >= 0.6 is 0 Å². The molecular weight excluding hydrogens is 293 g/mol. The Hall–Kier alpha value is -1.62. The van der Waals surface area contributed by atoms with Gasteiger partial charge < -0.3 is 15.7 Å². The van der Waals surface area contributed by atoms with E-state index >= 15 is 0 Å². The molecule has 0 aliphatic carbocycles. The van der Waals surface area contributed by atoms with Gasteiger partial charge in [0.1, 0.15) is 5.82 Å². The number of hydrogen-bond donors (Lipinski definition) is 3. The Morgan fingerprint density at radius 2 is 1.87 bits per heavy atom. The van der Waals surface area contributed by atoms with Crippen molar-refractivity contribution in [2.75, 3.05) is 19.7 Å². The molecule has 0 unspecified atom stereocenters. The predicted molar refractivity (Wildman–Crippen MR) is 93.9 cm³/mol. The van der Waals surface area contributed by atoms with Crippen LogP contribution in [0.1, 0.15) is 45.6 Å². The first-order chi connectivity index (χ1) is 11.1. The average molecular weight is 323 g/mol. The SMILES string of the molecule is CCNC(=NCc1ccccc1F)NCC(CC)(CC)CCO. The van der Waals surface area contributed by atoms with Crippen LogP contribution in [0.15, 0.2) is 29.3 Å². The van der Waals surface area contributed by atoms with E-state index in [1.54, 1.807) is 12.1 Å². The molecule has 5 heteroatoms. The minimum Gasteiger partial charge on any atom is -0.396 e. The third kappa shape index (κ3) is 6.18. The summed E-state index contributed by atoms with van der Waals surface area (Å²) in [5, 5.41) is 15.8. The molecule has 0 aliphatic heterocycles. The highest BCUT2D eigenvalue weighted by Gasteiger charge is 2.25. The highest BCUT2D eigenvalue weighted by Crippen LogP contribution is 2.29. The first-order valence-corrected chi connectivity index (χ1v) is 8.47. The molecule has 130 valence electrons. The number of benzene rings is 1. The van der Waals surface area contributed by atoms with Gasteiger partial charge in [-0.25, -0.2) is 9.38 Å². The molecule has 23 heavy (non-hydrogen) atoms. The average Bonchev–Trinajstić information content (AvgIpc) is 2.57. The third-order valence-corrected chi connectivity index (χ3v) is 4.48. The number of hydrogen-bond acceptors (Lipinski definition) is 2. The van der Waals surface area contributed by atoms with Crippen molar-refractivity contribution in [1.82, 2.24) is 10.6 Å². The molecular formula is C18H30FN3O. The van der Waals surface area contributed by atoms with Crippen LogP contribution in [0, 0.1) is 11.2 Å². The molecule has 0 amide bonds. The van der Waals surface area contributed by atoms with Crippen LogP contribution in [0.25, 0.3) is 0 Å². The van der Waals surface area contributed by atoms with Crippen molar-refractivity contribution in [3.05, 3.63) is 35.6 Å². The van der Waals surface area contributed by atoms with Crippen LogP contribution in [0.3, 0.4) is 0 Å². The molecule has 1 aromatic rings. The maximum absolute atomic E-state index is 13.7. The van der Waals surface area contributed by atoms with Crippen molar-refractivity contribution in [3.63, 3.8) is 0 Å². The summed E-state index contributed by atoms with van der Waals surface area (Å²) in [6, 6.07) is 6.69. The quantitative estimate of drug-likeness (QED) is 0.483. The van der Waals surface area contributed by atoms with Crippen LogP contribution in [0.5, 0.6) is 0 Å². The van der Waals surface area contributed by atoms with Crippen molar-refractivity contribution >= 4 is 5.96 Å². The molecule has 0 aromatic heterocycles. The van der Waals surface area contributed by atoms with Gasteiger partial charge in [-0.15, -0.1) is 0 Å². The van der Waals surface area contributed by atoms with Gasteiger partial charge in [0, 0.05) is 25.3 Å². The lowest BCUT2D eigenvalue weighted by atomic mass is 9.79. The second kappa shape index (κ2) is 10.2. The van der Waals surface area contributed by atoms with E-state index in [9.17, 15) is 9.50 Å².